The quantitative estimate of drug-likeness (QED) is 0.395. The summed E-state index contributed by atoms with van der Waals surface area (Å²) < 4.78 is 17.4. The molecule has 0 heterocycles. The second-order valence-corrected chi connectivity index (χ2v) is 7.72. The second-order valence-electron chi connectivity index (χ2n) is 7.72. The van der Waals surface area contributed by atoms with E-state index in [1.807, 2.05) is 27.7 Å². The van der Waals surface area contributed by atoms with E-state index in [-0.39, 0.29) is 18.4 Å². The molecule has 0 fully saturated rings. The molecule has 1 aliphatic carbocycles. The minimum Gasteiger partial charge on any atom is -0.465 e. The van der Waals surface area contributed by atoms with E-state index in [1.165, 1.54) is 11.1 Å². The number of benzene rings is 2. The summed E-state index contributed by atoms with van der Waals surface area (Å²) in [6.45, 7) is 7.64. The Kier molecular flexibility index (Phi) is 5.85. The summed E-state index contributed by atoms with van der Waals surface area (Å²) in [5.41, 5.74) is 2.22. The van der Waals surface area contributed by atoms with Crippen LogP contribution in [0.2, 0.25) is 0 Å². The molecule has 0 spiro atoms. The van der Waals surface area contributed by atoms with E-state index in [1.54, 1.807) is 24.3 Å². The fraction of sp³-hybridized carbons (Fsp3) is 0.435. The average molecular weight is 368 g/mol. The highest BCUT2D eigenvalue weighted by atomic mass is 16.7. The van der Waals surface area contributed by atoms with Crippen molar-refractivity contribution in [1.82, 2.24) is 0 Å². The van der Waals surface area contributed by atoms with Crippen molar-refractivity contribution < 1.29 is 19.0 Å². The highest BCUT2D eigenvalue weighted by Gasteiger charge is 2.27. The lowest BCUT2D eigenvalue weighted by Crippen LogP contribution is -2.28. The maximum absolute atomic E-state index is 12.1. The lowest BCUT2D eigenvalue weighted by molar-refractivity contribution is -0.144. The van der Waals surface area contributed by atoms with Crippen LogP contribution >= 0.6 is 0 Å². The topological polar surface area (TPSA) is 44.8 Å². The SMILES string of the molecule is CCC(C)(C)C(=O)Oc1ccc(OC(C)OC2Cc3ccccc3C2)cc1. The molecule has 0 radical (unpaired) electrons. The zero-order valence-corrected chi connectivity index (χ0v) is 16.5. The van der Waals surface area contributed by atoms with E-state index in [4.69, 9.17) is 14.2 Å². The van der Waals surface area contributed by atoms with Crippen LogP contribution in [0, 0.1) is 5.41 Å². The van der Waals surface area contributed by atoms with Gasteiger partial charge in [0.2, 0.25) is 0 Å². The highest BCUT2D eigenvalue weighted by Crippen LogP contribution is 2.27. The van der Waals surface area contributed by atoms with Gasteiger partial charge in [0.15, 0.2) is 6.29 Å². The van der Waals surface area contributed by atoms with Crippen LogP contribution in [0.5, 0.6) is 11.5 Å². The van der Waals surface area contributed by atoms with Crippen LogP contribution in [-0.4, -0.2) is 18.4 Å². The van der Waals surface area contributed by atoms with Gasteiger partial charge >= 0.3 is 5.97 Å². The largest absolute Gasteiger partial charge is 0.465 e. The van der Waals surface area contributed by atoms with Crippen LogP contribution in [0.1, 0.15) is 45.2 Å². The van der Waals surface area contributed by atoms with Crippen molar-refractivity contribution in [3.8, 4) is 11.5 Å². The standard InChI is InChI=1S/C23H28O4/c1-5-23(3,4)22(24)27-20-12-10-19(11-13-20)25-16(2)26-21-14-17-8-6-7-9-18(17)15-21/h6-13,16,21H,5,14-15H2,1-4H3. The zero-order chi connectivity index (χ0) is 19.4. The number of hydrogen-bond acceptors (Lipinski definition) is 4. The predicted molar refractivity (Wildman–Crippen MR) is 105 cm³/mol. The Balaban J connectivity index is 1.50. The molecule has 1 unspecified atom stereocenters. The maximum atomic E-state index is 12.1. The number of ether oxygens (including phenoxy) is 3. The van der Waals surface area contributed by atoms with Crippen LogP contribution in [0.25, 0.3) is 0 Å². The number of carbonyl (C=O) groups is 1. The number of carbonyl (C=O) groups excluding carboxylic acids is 1. The molecule has 27 heavy (non-hydrogen) atoms. The minimum atomic E-state index is -0.490. The molecular weight excluding hydrogens is 340 g/mol. The minimum absolute atomic E-state index is 0.147. The summed E-state index contributed by atoms with van der Waals surface area (Å²) in [6.07, 6.45) is 2.37. The first-order valence-corrected chi connectivity index (χ1v) is 9.58. The molecule has 0 bridgehead atoms. The predicted octanol–water partition coefficient (Wildman–Crippen LogP) is 4.94. The Labute approximate surface area is 161 Å². The molecule has 1 atom stereocenters. The van der Waals surface area contributed by atoms with E-state index in [2.05, 4.69) is 24.3 Å². The van der Waals surface area contributed by atoms with E-state index in [9.17, 15) is 4.79 Å². The van der Waals surface area contributed by atoms with Crippen LogP contribution in [0.4, 0.5) is 0 Å². The van der Waals surface area contributed by atoms with Crippen molar-refractivity contribution in [3.05, 3.63) is 59.7 Å². The molecule has 4 heteroatoms. The fourth-order valence-corrected chi connectivity index (χ4v) is 3.08. The summed E-state index contributed by atoms with van der Waals surface area (Å²) in [7, 11) is 0. The molecule has 0 saturated carbocycles. The van der Waals surface area contributed by atoms with Gasteiger partial charge in [0, 0.05) is 0 Å². The molecule has 2 aromatic rings. The third-order valence-corrected chi connectivity index (χ3v) is 5.17. The van der Waals surface area contributed by atoms with Crippen molar-refractivity contribution in [2.75, 3.05) is 0 Å². The summed E-state index contributed by atoms with van der Waals surface area (Å²) >= 11 is 0. The van der Waals surface area contributed by atoms with Gasteiger partial charge in [-0.2, -0.15) is 0 Å². The monoisotopic (exact) mass is 368 g/mol. The van der Waals surface area contributed by atoms with Gasteiger partial charge in [-0.15, -0.1) is 0 Å². The van der Waals surface area contributed by atoms with Gasteiger partial charge < -0.3 is 14.2 Å². The zero-order valence-electron chi connectivity index (χ0n) is 16.5. The summed E-state index contributed by atoms with van der Waals surface area (Å²) in [4.78, 5) is 12.1. The van der Waals surface area contributed by atoms with Gasteiger partial charge in [-0.1, -0.05) is 31.2 Å². The van der Waals surface area contributed by atoms with Gasteiger partial charge in [-0.25, -0.2) is 0 Å². The maximum Gasteiger partial charge on any atom is 0.316 e. The van der Waals surface area contributed by atoms with Crippen molar-refractivity contribution in [2.24, 2.45) is 5.41 Å². The normalized spacial score (nSPS) is 15.3. The first kappa shape index (κ1) is 19.4. The van der Waals surface area contributed by atoms with Gasteiger partial charge in [0.05, 0.1) is 11.5 Å². The van der Waals surface area contributed by atoms with E-state index >= 15 is 0 Å². The fourth-order valence-electron chi connectivity index (χ4n) is 3.08. The highest BCUT2D eigenvalue weighted by molar-refractivity contribution is 5.78. The van der Waals surface area contributed by atoms with Gasteiger partial charge in [-0.05, 0) is 75.4 Å². The lowest BCUT2D eigenvalue weighted by atomic mass is 9.91. The van der Waals surface area contributed by atoms with E-state index in [0.717, 1.165) is 19.3 Å². The summed E-state index contributed by atoms with van der Waals surface area (Å²) in [5, 5.41) is 0. The Hall–Kier alpha value is -2.33. The Morgan fingerprint density at radius 1 is 1.04 bits per heavy atom. The van der Waals surface area contributed by atoms with Crippen molar-refractivity contribution in [2.45, 2.75) is 59.4 Å². The molecule has 2 aromatic carbocycles. The van der Waals surface area contributed by atoms with Crippen molar-refractivity contribution in [3.63, 3.8) is 0 Å². The van der Waals surface area contributed by atoms with Crippen molar-refractivity contribution >= 4 is 5.97 Å². The number of hydrogen-bond donors (Lipinski definition) is 0. The first-order chi connectivity index (χ1) is 12.9. The van der Waals surface area contributed by atoms with Crippen LogP contribution in [0.15, 0.2) is 48.5 Å². The molecule has 1 aliphatic rings. The van der Waals surface area contributed by atoms with Gasteiger partial charge in [0.25, 0.3) is 0 Å². The summed E-state index contributed by atoms with van der Waals surface area (Å²) in [6, 6.07) is 15.5. The van der Waals surface area contributed by atoms with E-state index < -0.39 is 5.41 Å². The number of fused-ring (bicyclic) bond motifs is 1. The molecule has 0 aromatic heterocycles. The Morgan fingerprint density at radius 2 is 1.59 bits per heavy atom. The Bertz CT molecular complexity index is 754. The number of rotatable bonds is 7. The molecule has 0 N–H and O–H groups in total. The van der Waals surface area contributed by atoms with E-state index in [0.29, 0.717) is 11.5 Å². The summed E-state index contributed by atoms with van der Waals surface area (Å²) in [5.74, 6) is 0.984. The third kappa shape index (κ3) is 4.89. The van der Waals surface area contributed by atoms with Crippen LogP contribution in [0.3, 0.4) is 0 Å². The molecular formula is C23H28O4. The average Bonchev–Trinajstić information content (AvgIpc) is 3.05. The van der Waals surface area contributed by atoms with Crippen molar-refractivity contribution in [1.29, 1.82) is 0 Å². The molecule has 4 nitrogen and oxygen atoms in total. The second kappa shape index (κ2) is 8.13. The van der Waals surface area contributed by atoms with Crippen LogP contribution < -0.4 is 9.47 Å². The third-order valence-electron chi connectivity index (χ3n) is 5.17. The van der Waals surface area contributed by atoms with Crippen LogP contribution in [-0.2, 0) is 22.4 Å². The molecule has 144 valence electrons. The molecule has 0 amide bonds. The molecule has 0 saturated heterocycles. The molecule has 3 rings (SSSR count). The van der Waals surface area contributed by atoms with Gasteiger partial charge in [-0.3, -0.25) is 4.79 Å². The Morgan fingerprint density at radius 3 is 2.15 bits per heavy atom. The smallest absolute Gasteiger partial charge is 0.316 e. The first-order valence-electron chi connectivity index (χ1n) is 9.58. The number of esters is 1. The lowest BCUT2D eigenvalue weighted by Gasteiger charge is -2.21. The van der Waals surface area contributed by atoms with Gasteiger partial charge in [0.1, 0.15) is 11.5 Å². The molecule has 0 aliphatic heterocycles.